The lowest BCUT2D eigenvalue weighted by Crippen LogP contribution is -2.41. The molecule has 148 valence electrons. The molecule has 11 nitrogen and oxygen atoms in total. The number of carbonyl (C=O) groups is 2. The molecule has 1 unspecified atom stereocenters. The van der Waals surface area contributed by atoms with Crippen molar-refractivity contribution >= 4 is 46.6 Å². The molecule has 2 aliphatic heterocycles. The average molecular weight is 494 g/mol. The molecule has 3 heterocycles. The molecule has 27 heavy (non-hydrogen) atoms. The molecule has 2 aliphatic rings. The number of halogens is 1. The van der Waals surface area contributed by atoms with Crippen LogP contribution in [0.3, 0.4) is 0 Å². The van der Waals surface area contributed by atoms with Crippen LogP contribution in [0.2, 0.25) is 0 Å². The van der Waals surface area contributed by atoms with Gasteiger partial charge < -0.3 is 13.9 Å². The molecule has 3 rings (SSSR count). The van der Waals surface area contributed by atoms with Gasteiger partial charge in [0.2, 0.25) is 5.78 Å². The number of ether oxygens (including phenoxy) is 2. The van der Waals surface area contributed by atoms with Gasteiger partial charge in [0.1, 0.15) is 11.0 Å². The second-order valence-electron chi connectivity index (χ2n) is 5.50. The van der Waals surface area contributed by atoms with Crippen molar-refractivity contribution in [2.24, 2.45) is 5.10 Å². The molecule has 0 bridgehead atoms. The zero-order valence-corrected chi connectivity index (χ0v) is 16.7. The van der Waals surface area contributed by atoms with Crippen LogP contribution in [0.4, 0.5) is 10.7 Å². The monoisotopic (exact) mass is 494 g/mol. The van der Waals surface area contributed by atoms with Crippen LogP contribution in [-0.4, -0.2) is 83.4 Å². The van der Waals surface area contributed by atoms with Crippen molar-refractivity contribution in [1.29, 1.82) is 0 Å². The molecule has 0 spiro atoms. The SMILES string of the molecule is CI.O=C(/C=N/N1CC(CN2CCOCC2)OC1=O)c1ccc([N+](=O)[O-])o1. The van der Waals surface area contributed by atoms with Gasteiger partial charge in [-0.2, -0.15) is 10.1 Å². The van der Waals surface area contributed by atoms with E-state index in [4.69, 9.17) is 13.9 Å². The summed E-state index contributed by atoms with van der Waals surface area (Å²) in [6.45, 7) is 3.62. The highest BCUT2D eigenvalue weighted by Gasteiger charge is 2.33. The fraction of sp³-hybridized carbons (Fsp3) is 0.533. The summed E-state index contributed by atoms with van der Waals surface area (Å²) in [4.78, 5) is 37.5. The van der Waals surface area contributed by atoms with Gasteiger partial charge >= 0.3 is 12.0 Å². The zero-order valence-electron chi connectivity index (χ0n) is 14.6. The molecule has 1 amide bonds. The summed E-state index contributed by atoms with van der Waals surface area (Å²) < 4.78 is 15.3. The number of hydrogen-bond acceptors (Lipinski definition) is 9. The number of cyclic esters (lactones) is 1. The Morgan fingerprint density at radius 3 is 2.74 bits per heavy atom. The lowest BCUT2D eigenvalue weighted by atomic mass is 10.3. The Bertz CT molecular complexity index is 702. The van der Waals surface area contributed by atoms with Crippen molar-refractivity contribution in [3.05, 3.63) is 28.0 Å². The number of furan rings is 1. The third-order valence-corrected chi connectivity index (χ3v) is 3.75. The lowest BCUT2D eigenvalue weighted by molar-refractivity contribution is -0.402. The molecular formula is C15H19IN4O7. The molecule has 0 radical (unpaired) electrons. The molecule has 2 saturated heterocycles. The summed E-state index contributed by atoms with van der Waals surface area (Å²) >= 11 is 2.15. The Kier molecular flexibility index (Phi) is 8.12. The summed E-state index contributed by atoms with van der Waals surface area (Å²) in [5.41, 5.74) is 0. The van der Waals surface area contributed by atoms with E-state index in [-0.39, 0.29) is 18.4 Å². The van der Waals surface area contributed by atoms with Crippen LogP contribution >= 0.6 is 22.6 Å². The van der Waals surface area contributed by atoms with E-state index < -0.39 is 22.7 Å². The number of ketones is 1. The second-order valence-corrected chi connectivity index (χ2v) is 5.50. The van der Waals surface area contributed by atoms with Crippen LogP contribution in [0, 0.1) is 10.1 Å². The molecule has 0 aromatic carbocycles. The van der Waals surface area contributed by atoms with Crippen molar-refractivity contribution in [3.63, 3.8) is 0 Å². The smallest absolute Gasteiger partial charge is 0.433 e. The maximum absolute atomic E-state index is 11.9. The molecule has 0 N–H and O–H groups in total. The summed E-state index contributed by atoms with van der Waals surface area (Å²) in [6, 6.07) is 2.25. The van der Waals surface area contributed by atoms with Gasteiger partial charge in [0.05, 0.1) is 32.0 Å². The molecule has 0 saturated carbocycles. The summed E-state index contributed by atoms with van der Waals surface area (Å²) in [5, 5.41) is 15.4. The number of rotatable bonds is 6. The van der Waals surface area contributed by atoms with Gasteiger partial charge in [-0.3, -0.25) is 19.8 Å². The number of hydrazone groups is 1. The predicted molar refractivity (Wildman–Crippen MR) is 102 cm³/mol. The van der Waals surface area contributed by atoms with Crippen LogP contribution in [0.5, 0.6) is 0 Å². The predicted octanol–water partition coefficient (Wildman–Crippen LogP) is 1.56. The van der Waals surface area contributed by atoms with Crippen LogP contribution in [0.15, 0.2) is 21.7 Å². The molecular weight excluding hydrogens is 475 g/mol. The van der Waals surface area contributed by atoms with Crippen molar-refractivity contribution in [2.45, 2.75) is 6.10 Å². The highest BCUT2D eigenvalue weighted by molar-refractivity contribution is 14.1. The molecule has 1 aromatic heterocycles. The quantitative estimate of drug-likeness (QED) is 0.146. The standard InChI is InChI=1S/C14H16N4O7.CH3I/c19-11(12-1-2-13(25-12)18(21)22)7-15-17-9-10(24-14(17)20)8-16-3-5-23-6-4-16;1-2/h1-2,7,10H,3-6,8-9H2;1H3/b15-7+;. The van der Waals surface area contributed by atoms with Gasteiger partial charge in [-0.15, -0.1) is 0 Å². The zero-order chi connectivity index (χ0) is 19.8. The number of amides is 1. The third kappa shape index (κ3) is 5.97. The van der Waals surface area contributed by atoms with E-state index >= 15 is 0 Å². The van der Waals surface area contributed by atoms with Crippen LogP contribution in [0.25, 0.3) is 0 Å². The second kappa shape index (κ2) is 10.3. The topological polar surface area (TPSA) is 128 Å². The molecule has 12 heteroatoms. The van der Waals surface area contributed by atoms with Gasteiger partial charge in [-0.25, -0.2) is 4.79 Å². The lowest BCUT2D eigenvalue weighted by Gasteiger charge is -2.27. The number of alkyl halides is 1. The van der Waals surface area contributed by atoms with Crippen LogP contribution < -0.4 is 0 Å². The maximum atomic E-state index is 11.9. The largest absolute Gasteiger partial charge is 0.441 e. The van der Waals surface area contributed by atoms with Gasteiger partial charge in [0, 0.05) is 19.6 Å². The minimum Gasteiger partial charge on any atom is -0.441 e. The first-order valence-electron chi connectivity index (χ1n) is 8.01. The highest BCUT2D eigenvalue weighted by Crippen LogP contribution is 2.16. The molecule has 1 atom stereocenters. The number of nitrogens with zero attached hydrogens (tertiary/aromatic N) is 4. The van der Waals surface area contributed by atoms with Crippen LogP contribution in [0.1, 0.15) is 10.6 Å². The Morgan fingerprint density at radius 2 is 2.11 bits per heavy atom. The number of hydrogen-bond donors (Lipinski definition) is 0. The Morgan fingerprint density at radius 1 is 1.41 bits per heavy atom. The van der Waals surface area contributed by atoms with E-state index in [0.29, 0.717) is 19.8 Å². The van der Waals surface area contributed by atoms with Gasteiger partial charge in [-0.05, 0) is 11.0 Å². The van der Waals surface area contributed by atoms with Gasteiger partial charge in [0.15, 0.2) is 5.76 Å². The fourth-order valence-corrected chi connectivity index (χ4v) is 2.51. The number of nitro groups is 1. The van der Waals surface area contributed by atoms with Crippen molar-refractivity contribution in [1.82, 2.24) is 9.91 Å². The van der Waals surface area contributed by atoms with E-state index in [0.717, 1.165) is 30.4 Å². The first-order chi connectivity index (χ1) is 13.0. The van der Waals surface area contributed by atoms with E-state index in [2.05, 4.69) is 32.6 Å². The van der Waals surface area contributed by atoms with Crippen LogP contribution in [-0.2, 0) is 9.47 Å². The molecule has 0 aliphatic carbocycles. The maximum Gasteiger partial charge on any atom is 0.433 e. The first-order valence-corrected chi connectivity index (χ1v) is 10.2. The minimum atomic E-state index is -0.748. The van der Waals surface area contributed by atoms with E-state index in [1.807, 2.05) is 4.93 Å². The Labute approximate surface area is 168 Å². The van der Waals surface area contributed by atoms with Crippen molar-refractivity contribution in [3.8, 4) is 0 Å². The summed E-state index contributed by atoms with van der Waals surface area (Å²) in [7, 11) is 0. The fourth-order valence-electron chi connectivity index (χ4n) is 2.51. The van der Waals surface area contributed by atoms with E-state index in [1.165, 1.54) is 6.07 Å². The summed E-state index contributed by atoms with van der Waals surface area (Å²) in [5.74, 6) is -1.45. The Balaban J connectivity index is 0.00000126. The molecule has 2 fully saturated rings. The van der Waals surface area contributed by atoms with E-state index in [9.17, 15) is 19.7 Å². The van der Waals surface area contributed by atoms with Crippen molar-refractivity contribution < 1.29 is 28.4 Å². The normalized spacial score (nSPS) is 20.3. The third-order valence-electron chi connectivity index (χ3n) is 3.75. The first kappa shape index (κ1) is 21.2. The van der Waals surface area contributed by atoms with Crippen molar-refractivity contribution in [2.75, 3.05) is 44.3 Å². The number of Topliss-reactive ketones (excluding diaryl/α,β-unsaturated/α-hetero) is 1. The Hall–Kier alpha value is -2.06. The number of morpholine rings is 1. The van der Waals surface area contributed by atoms with Gasteiger partial charge in [-0.1, -0.05) is 22.6 Å². The van der Waals surface area contributed by atoms with Gasteiger partial charge in [0.25, 0.3) is 0 Å². The summed E-state index contributed by atoms with van der Waals surface area (Å²) in [6.07, 6.45) is -0.115. The minimum absolute atomic E-state index is 0.221. The average Bonchev–Trinajstić information content (AvgIpc) is 3.29. The highest BCUT2D eigenvalue weighted by atomic mass is 127. The van der Waals surface area contributed by atoms with E-state index in [1.54, 1.807) is 0 Å². The number of carbonyl (C=O) groups excluding carboxylic acids is 2. The molecule has 1 aromatic rings.